The van der Waals surface area contributed by atoms with Crippen molar-refractivity contribution < 1.29 is 33.6 Å². The summed E-state index contributed by atoms with van der Waals surface area (Å²) in [5, 5.41) is 10.9. The van der Waals surface area contributed by atoms with Gasteiger partial charge in [-0.25, -0.2) is 4.79 Å². The van der Waals surface area contributed by atoms with Gasteiger partial charge in [-0.05, 0) is 6.42 Å². The topological polar surface area (TPSA) is 103 Å². The largest absolute Gasteiger partial charge is 0.480 e. The number of hydrogen-bond acceptors (Lipinski definition) is 6. The van der Waals surface area contributed by atoms with Crippen molar-refractivity contribution in [3.8, 4) is 0 Å². The first kappa shape index (κ1) is 23.8. The average molecular weight is 363 g/mol. The Bertz CT molecular complexity index is 326. The van der Waals surface area contributed by atoms with E-state index in [-0.39, 0.29) is 12.5 Å². The smallest absolute Gasteiger partial charge is 0.329 e. The summed E-state index contributed by atoms with van der Waals surface area (Å²) < 4.78 is 20.8. The lowest BCUT2D eigenvalue weighted by Gasteiger charge is -2.08. The van der Waals surface area contributed by atoms with Crippen molar-refractivity contribution in [3.05, 3.63) is 0 Å². The number of carbonyl (C=O) groups excluding carboxylic acids is 1. The van der Waals surface area contributed by atoms with Crippen LogP contribution in [0.5, 0.6) is 0 Å². The minimum atomic E-state index is -1.10. The molecule has 0 unspecified atom stereocenters. The molecule has 0 radical (unpaired) electrons. The number of aliphatic carboxylic acids is 1. The fraction of sp³-hybridized carbons (Fsp3) is 0.882. The molecule has 0 fully saturated rings. The zero-order chi connectivity index (χ0) is 18.6. The van der Waals surface area contributed by atoms with E-state index >= 15 is 0 Å². The number of carboxylic acid groups (broad SMARTS) is 1. The second-order valence-electron chi connectivity index (χ2n) is 5.49. The molecule has 0 spiro atoms. The van der Waals surface area contributed by atoms with Crippen molar-refractivity contribution in [2.45, 2.75) is 39.0 Å². The Morgan fingerprint density at radius 1 is 0.760 bits per heavy atom. The van der Waals surface area contributed by atoms with Crippen LogP contribution in [0.2, 0.25) is 0 Å². The average Bonchev–Trinajstić information content (AvgIpc) is 2.58. The van der Waals surface area contributed by atoms with Gasteiger partial charge < -0.3 is 29.4 Å². The molecular weight excluding hydrogens is 330 g/mol. The summed E-state index contributed by atoms with van der Waals surface area (Å²) in [6.07, 6.45) is 6.17. The molecule has 0 aliphatic rings. The summed E-state index contributed by atoms with van der Waals surface area (Å²) in [7, 11) is 0. The number of ether oxygens (including phenoxy) is 4. The Kier molecular flexibility index (Phi) is 18.2. The third-order valence-electron chi connectivity index (χ3n) is 3.16. The van der Waals surface area contributed by atoms with Gasteiger partial charge in [0.15, 0.2) is 0 Å². The summed E-state index contributed by atoms with van der Waals surface area (Å²) in [5.74, 6) is -1.47. The molecule has 0 aromatic carbocycles. The Balaban J connectivity index is 3.11. The highest BCUT2D eigenvalue weighted by atomic mass is 16.5. The van der Waals surface area contributed by atoms with E-state index in [4.69, 9.17) is 19.3 Å². The van der Waals surface area contributed by atoms with E-state index in [2.05, 4.69) is 17.0 Å². The lowest BCUT2D eigenvalue weighted by atomic mass is 10.2. The number of rotatable bonds is 19. The van der Waals surface area contributed by atoms with Gasteiger partial charge in [-0.2, -0.15) is 0 Å². The number of nitrogens with one attached hydrogen (secondary N) is 1. The van der Waals surface area contributed by atoms with Crippen molar-refractivity contribution in [3.63, 3.8) is 0 Å². The zero-order valence-electron chi connectivity index (χ0n) is 15.3. The number of unbranched alkanes of at least 4 members (excludes halogenated alkanes) is 4. The molecule has 0 aliphatic heterocycles. The lowest BCUT2D eigenvalue weighted by molar-refractivity contribution is -0.143. The van der Waals surface area contributed by atoms with Crippen LogP contribution >= 0.6 is 0 Å². The predicted octanol–water partition coefficient (Wildman–Crippen LogP) is 1.22. The van der Waals surface area contributed by atoms with Gasteiger partial charge >= 0.3 is 5.97 Å². The number of carbonyl (C=O) groups is 2. The highest BCUT2D eigenvalue weighted by Crippen LogP contribution is 2.02. The summed E-state index contributed by atoms with van der Waals surface area (Å²) >= 11 is 0. The van der Waals surface area contributed by atoms with Crippen LogP contribution in [0, 0.1) is 0 Å². The summed E-state index contributed by atoms with van der Waals surface area (Å²) in [4.78, 5) is 21.4. The zero-order valence-corrected chi connectivity index (χ0v) is 15.3. The fourth-order valence-corrected chi connectivity index (χ4v) is 1.89. The van der Waals surface area contributed by atoms with Crippen molar-refractivity contribution in [1.82, 2.24) is 5.32 Å². The van der Waals surface area contributed by atoms with Crippen molar-refractivity contribution in [2.24, 2.45) is 0 Å². The van der Waals surface area contributed by atoms with E-state index in [0.29, 0.717) is 39.6 Å². The number of amides is 1. The van der Waals surface area contributed by atoms with E-state index in [1.165, 1.54) is 25.7 Å². The van der Waals surface area contributed by atoms with E-state index in [9.17, 15) is 9.59 Å². The lowest BCUT2D eigenvalue weighted by Crippen LogP contribution is -2.31. The van der Waals surface area contributed by atoms with Crippen LogP contribution in [0.4, 0.5) is 0 Å². The van der Waals surface area contributed by atoms with Gasteiger partial charge in [0.25, 0.3) is 0 Å². The van der Waals surface area contributed by atoms with Crippen molar-refractivity contribution >= 4 is 11.9 Å². The molecule has 1 amide bonds. The van der Waals surface area contributed by atoms with Crippen LogP contribution in [0.15, 0.2) is 0 Å². The van der Waals surface area contributed by atoms with Crippen molar-refractivity contribution in [2.75, 3.05) is 59.4 Å². The molecule has 0 bridgehead atoms. The molecule has 0 rings (SSSR count). The van der Waals surface area contributed by atoms with Crippen LogP contribution < -0.4 is 5.32 Å². The molecule has 0 aliphatic carbocycles. The molecule has 0 aromatic heterocycles. The number of carboxylic acids is 1. The van der Waals surface area contributed by atoms with E-state index in [0.717, 1.165) is 13.0 Å². The van der Waals surface area contributed by atoms with Crippen LogP contribution in [0.3, 0.4) is 0 Å². The van der Waals surface area contributed by atoms with Crippen LogP contribution in [-0.4, -0.2) is 76.4 Å². The van der Waals surface area contributed by atoms with Gasteiger partial charge in [0, 0.05) is 13.2 Å². The highest BCUT2D eigenvalue weighted by molar-refractivity contribution is 5.77. The standard InChI is InChI=1S/C17H33NO7/c1-2-3-4-5-6-8-22-10-12-24-13-11-23-9-7-18-16(19)14-25-15-17(20)21/h2-15H2,1H3,(H,18,19)(H,20,21). The molecule has 2 N–H and O–H groups in total. The maximum atomic E-state index is 11.2. The Morgan fingerprint density at radius 2 is 1.36 bits per heavy atom. The van der Waals surface area contributed by atoms with Crippen LogP contribution in [0.25, 0.3) is 0 Å². The monoisotopic (exact) mass is 363 g/mol. The first-order valence-electron chi connectivity index (χ1n) is 8.96. The van der Waals surface area contributed by atoms with Gasteiger partial charge in [0.2, 0.25) is 5.91 Å². The summed E-state index contributed by atoms with van der Waals surface area (Å²) in [5.41, 5.74) is 0. The van der Waals surface area contributed by atoms with E-state index in [1.807, 2.05) is 0 Å². The highest BCUT2D eigenvalue weighted by Gasteiger charge is 2.02. The Labute approximate surface area is 150 Å². The van der Waals surface area contributed by atoms with Gasteiger partial charge in [-0.15, -0.1) is 0 Å². The minimum absolute atomic E-state index is 0.270. The third kappa shape index (κ3) is 20.7. The fourth-order valence-electron chi connectivity index (χ4n) is 1.89. The Hall–Kier alpha value is -1.22. The Morgan fingerprint density at radius 3 is 2.00 bits per heavy atom. The molecule has 25 heavy (non-hydrogen) atoms. The minimum Gasteiger partial charge on any atom is -0.480 e. The normalized spacial score (nSPS) is 10.8. The van der Waals surface area contributed by atoms with Gasteiger partial charge in [-0.1, -0.05) is 32.6 Å². The van der Waals surface area contributed by atoms with Gasteiger partial charge in [0.05, 0.1) is 33.0 Å². The predicted molar refractivity (Wildman–Crippen MR) is 92.7 cm³/mol. The van der Waals surface area contributed by atoms with Gasteiger partial charge in [-0.3, -0.25) is 4.79 Å². The molecule has 148 valence electrons. The second kappa shape index (κ2) is 19.1. The molecule has 0 saturated heterocycles. The second-order valence-corrected chi connectivity index (χ2v) is 5.49. The maximum Gasteiger partial charge on any atom is 0.329 e. The quantitative estimate of drug-likeness (QED) is 0.333. The van der Waals surface area contributed by atoms with Gasteiger partial charge in [0.1, 0.15) is 13.2 Å². The first-order chi connectivity index (χ1) is 12.2. The molecule has 0 heterocycles. The summed E-state index contributed by atoms with van der Waals surface area (Å²) in [6.45, 7) is 5.03. The van der Waals surface area contributed by atoms with Crippen LogP contribution in [0.1, 0.15) is 39.0 Å². The molecule has 0 atom stereocenters. The third-order valence-corrected chi connectivity index (χ3v) is 3.16. The van der Waals surface area contributed by atoms with E-state index in [1.54, 1.807) is 0 Å². The van der Waals surface area contributed by atoms with E-state index < -0.39 is 12.6 Å². The summed E-state index contributed by atoms with van der Waals surface area (Å²) in [6, 6.07) is 0. The molecule has 8 heteroatoms. The molecular formula is C17H33NO7. The van der Waals surface area contributed by atoms with Crippen LogP contribution in [-0.2, 0) is 28.5 Å². The molecule has 8 nitrogen and oxygen atoms in total. The van der Waals surface area contributed by atoms with Crippen molar-refractivity contribution in [1.29, 1.82) is 0 Å². The SMILES string of the molecule is CCCCCCCOCCOCCOCCNC(=O)COCC(=O)O. The molecule has 0 aromatic rings. The maximum absolute atomic E-state index is 11.2. The molecule has 0 saturated carbocycles. The number of hydrogen-bond donors (Lipinski definition) is 2. The first-order valence-corrected chi connectivity index (χ1v) is 8.96.